The van der Waals surface area contributed by atoms with Crippen LogP contribution < -0.4 is 14.7 Å². The van der Waals surface area contributed by atoms with E-state index in [1.807, 2.05) is 44.2 Å². The molecule has 5 heteroatoms. The molecule has 0 amide bonds. The largest absolute Gasteiger partial charge is 0.539 e. The van der Waals surface area contributed by atoms with Gasteiger partial charge in [-0.15, -0.1) is 4.68 Å². The van der Waals surface area contributed by atoms with E-state index in [1.165, 1.54) is 0 Å². The molecule has 0 aliphatic heterocycles. The van der Waals surface area contributed by atoms with Crippen molar-refractivity contribution in [1.29, 1.82) is 0 Å². The van der Waals surface area contributed by atoms with E-state index >= 15 is 0 Å². The van der Waals surface area contributed by atoms with Crippen molar-refractivity contribution in [1.82, 2.24) is 4.68 Å². The lowest BCUT2D eigenvalue weighted by atomic mass is 10.2. The molecule has 0 atom stereocenters. The normalized spacial score (nSPS) is 10.8. The lowest BCUT2D eigenvalue weighted by molar-refractivity contribution is -0.752. The third-order valence-corrected chi connectivity index (χ3v) is 3.07. The summed E-state index contributed by atoms with van der Waals surface area (Å²) in [6.45, 7) is 0. The fourth-order valence-electron chi connectivity index (χ4n) is 2.00. The van der Waals surface area contributed by atoms with E-state index in [9.17, 15) is 9.90 Å². The van der Waals surface area contributed by atoms with Crippen LogP contribution >= 0.6 is 0 Å². The number of aromatic nitrogens is 2. The molecule has 1 aromatic carbocycles. The van der Waals surface area contributed by atoms with Crippen LogP contribution in [-0.4, -0.2) is 24.7 Å². The second-order valence-electron chi connectivity index (χ2n) is 4.28. The first-order chi connectivity index (χ1) is 7.93. The van der Waals surface area contributed by atoms with Crippen molar-refractivity contribution >= 4 is 22.6 Å². The lowest BCUT2D eigenvalue weighted by Crippen LogP contribution is -2.45. The van der Waals surface area contributed by atoms with Crippen LogP contribution in [0.2, 0.25) is 0 Å². The van der Waals surface area contributed by atoms with Gasteiger partial charge in [-0.2, -0.15) is 4.68 Å². The summed E-state index contributed by atoms with van der Waals surface area (Å²) in [5.41, 5.74) is 2.04. The van der Waals surface area contributed by atoms with Gasteiger partial charge >= 0.3 is 0 Å². The number of anilines is 1. The van der Waals surface area contributed by atoms with Crippen LogP contribution in [0, 0.1) is 0 Å². The van der Waals surface area contributed by atoms with Gasteiger partial charge in [0.2, 0.25) is 0 Å². The quantitative estimate of drug-likeness (QED) is 0.653. The molecule has 1 aromatic heterocycles. The molecule has 0 radical (unpaired) electrons. The van der Waals surface area contributed by atoms with Gasteiger partial charge < -0.3 is 14.8 Å². The topological polar surface area (TPSA) is 52.2 Å². The molecular weight excluding hydrogens is 218 g/mol. The molecular formula is C12H15N3O2. The van der Waals surface area contributed by atoms with Gasteiger partial charge in [-0.1, -0.05) is 0 Å². The van der Waals surface area contributed by atoms with E-state index in [4.69, 9.17) is 0 Å². The SMILES string of the molecule is CN(C)c1ccc2c(c1)c(C(=O)[O-])[n+](C)n2C. The molecule has 0 unspecified atom stereocenters. The Bertz CT molecular complexity index is 599. The summed E-state index contributed by atoms with van der Waals surface area (Å²) < 4.78 is 3.37. The first-order valence-corrected chi connectivity index (χ1v) is 5.31. The summed E-state index contributed by atoms with van der Waals surface area (Å²) in [6, 6.07) is 5.74. The van der Waals surface area contributed by atoms with Gasteiger partial charge in [0.25, 0.3) is 5.69 Å². The molecule has 1 heterocycles. The summed E-state index contributed by atoms with van der Waals surface area (Å²) in [5.74, 6) is -1.16. The van der Waals surface area contributed by atoms with Crippen molar-refractivity contribution < 1.29 is 14.6 Å². The minimum atomic E-state index is -1.16. The predicted molar refractivity (Wildman–Crippen MR) is 62.8 cm³/mol. The molecule has 0 aliphatic carbocycles. The predicted octanol–water partition coefficient (Wildman–Crippen LogP) is -0.568. The molecule has 0 aliphatic rings. The third-order valence-electron chi connectivity index (χ3n) is 3.07. The van der Waals surface area contributed by atoms with E-state index < -0.39 is 5.97 Å². The smallest absolute Gasteiger partial charge is 0.261 e. The second-order valence-corrected chi connectivity index (χ2v) is 4.28. The highest BCUT2D eigenvalue weighted by Gasteiger charge is 2.21. The van der Waals surface area contributed by atoms with Crippen LogP contribution in [0.1, 0.15) is 10.5 Å². The average Bonchev–Trinajstić information content (AvgIpc) is 2.51. The van der Waals surface area contributed by atoms with E-state index in [2.05, 4.69) is 0 Å². The number of nitrogens with zero attached hydrogens (tertiary/aromatic N) is 3. The van der Waals surface area contributed by atoms with Gasteiger partial charge in [-0.3, -0.25) is 0 Å². The molecule has 0 saturated carbocycles. The number of aryl methyl sites for hydroxylation is 1. The number of carbonyl (C=O) groups excluding carboxylic acids is 1. The van der Waals surface area contributed by atoms with Crippen molar-refractivity contribution in [3.63, 3.8) is 0 Å². The molecule has 0 spiro atoms. The monoisotopic (exact) mass is 233 g/mol. The van der Waals surface area contributed by atoms with E-state index in [0.29, 0.717) is 5.39 Å². The van der Waals surface area contributed by atoms with Gasteiger partial charge in [-0.25, -0.2) is 0 Å². The summed E-state index contributed by atoms with van der Waals surface area (Å²) in [5, 5.41) is 11.9. The maximum atomic E-state index is 11.2. The summed E-state index contributed by atoms with van der Waals surface area (Å²) in [6.07, 6.45) is 0. The van der Waals surface area contributed by atoms with Gasteiger partial charge in [-0.05, 0) is 18.2 Å². The summed E-state index contributed by atoms with van der Waals surface area (Å²) in [4.78, 5) is 13.1. The number of benzene rings is 1. The number of carboxylic acids is 1. The molecule has 90 valence electrons. The number of carboxylic acid groups (broad SMARTS) is 1. The van der Waals surface area contributed by atoms with Crippen molar-refractivity contribution in [2.24, 2.45) is 14.1 Å². The number of rotatable bonds is 2. The Balaban J connectivity index is 2.83. The Hall–Kier alpha value is -2.04. The zero-order valence-electron chi connectivity index (χ0n) is 10.4. The van der Waals surface area contributed by atoms with Gasteiger partial charge in [0.15, 0.2) is 7.05 Å². The van der Waals surface area contributed by atoms with Crippen molar-refractivity contribution in [2.45, 2.75) is 0 Å². The highest BCUT2D eigenvalue weighted by atomic mass is 16.4. The van der Waals surface area contributed by atoms with Crippen LogP contribution in [0.25, 0.3) is 10.9 Å². The van der Waals surface area contributed by atoms with Crippen LogP contribution in [0.15, 0.2) is 18.2 Å². The Labute approximate surface area is 99.5 Å². The van der Waals surface area contributed by atoms with Crippen LogP contribution in [0.3, 0.4) is 0 Å². The Kier molecular flexibility index (Phi) is 2.53. The van der Waals surface area contributed by atoms with Crippen LogP contribution in [-0.2, 0) is 14.1 Å². The molecule has 0 N–H and O–H groups in total. The number of aromatic carboxylic acids is 1. The first kappa shape index (κ1) is 11.4. The van der Waals surface area contributed by atoms with E-state index in [0.717, 1.165) is 11.2 Å². The standard InChI is InChI=1S/C12H15N3O2/c1-13(2)8-5-6-10-9(7-8)11(12(16)17)15(4)14(10)3/h5-7H,1-4H3. The highest BCUT2D eigenvalue weighted by molar-refractivity contribution is 5.99. The number of fused-ring (bicyclic) bond motifs is 1. The zero-order chi connectivity index (χ0) is 12.7. The third kappa shape index (κ3) is 1.63. The van der Waals surface area contributed by atoms with E-state index in [1.54, 1.807) is 16.4 Å². The lowest BCUT2D eigenvalue weighted by Gasteiger charge is -2.11. The molecule has 0 saturated heterocycles. The summed E-state index contributed by atoms with van der Waals surface area (Å²) in [7, 11) is 7.37. The summed E-state index contributed by atoms with van der Waals surface area (Å²) >= 11 is 0. The van der Waals surface area contributed by atoms with Gasteiger partial charge in [0, 0.05) is 19.8 Å². The fraction of sp³-hybridized carbons (Fsp3) is 0.333. The van der Waals surface area contributed by atoms with Gasteiger partial charge in [0.1, 0.15) is 11.5 Å². The molecule has 0 fully saturated rings. The molecule has 0 bridgehead atoms. The minimum Gasteiger partial charge on any atom is -0.539 e. The number of hydrogen-bond acceptors (Lipinski definition) is 3. The Morgan fingerprint density at radius 2 is 2.06 bits per heavy atom. The first-order valence-electron chi connectivity index (χ1n) is 5.31. The van der Waals surface area contributed by atoms with E-state index in [-0.39, 0.29) is 5.69 Å². The highest BCUT2D eigenvalue weighted by Crippen LogP contribution is 2.22. The zero-order valence-corrected chi connectivity index (χ0v) is 10.4. The Morgan fingerprint density at radius 3 is 2.59 bits per heavy atom. The second kappa shape index (κ2) is 3.76. The maximum Gasteiger partial charge on any atom is 0.261 e. The fourth-order valence-corrected chi connectivity index (χ4v) is 2.00. The molecule has 2 rings (SSSR count). The number of hydrogen-bond donors (Lipinski definition) is 0. The molecule has 2 aromatic rings. The number of carbonyl (C=O) groups is 1. The Morgan fingerprint density at radius 1 is 1.41 bits per heavy atom. The average molecular weight is 233 g/mol. The maximum absolute atomic E-state index is 11.2. The van der Waals surface area contributed by atoms with Crippen molar-refractivity contribution in [3.05, 3.63) is 23.9 Å². The minimum absolute atomic E-state index is 0.200. The van der Waals surface area contributed by atoms with Crippen LogP contribution in [0.4, 0.5) is 5.69 Å². The van der Waals surface area contributed by atoms with Gasteiger partial charge in [0.05, 0.1) is 12.4 Å². The molecule has 17 heavy (non-hydrogen) atoms. The van der Waals surface area contributed by atoms with Crippen LogP contribution in [0.5, 0.6) is 0 Å². The molecule has 5 nitrogen and oxygen atoms in total. The van der Waals surface area contributed by atoms with Crippen molar-refractivity contribution in [2.75, 3.05) is 19.0 Å². The van der Waals surface area contributed by atoms with Crippen molar-refractivity contribution in [3.8, 4) is 0 Å².